The molecule has 108 valence electrons. The molecule has 0 spiro atoms. The molecule has 0 radical (unpaired) electrons. The van der Waals surface area contributed by atoms with E-state index in [1.807, 2.05) is 45.0 Å². The van der Waals surface area contributed by atoms with Gasteiger partial charge in [0.1, 0.15) is 10.7 Å². The first-order valence-electron chi connectivity index (χ1n) is 6.80. The van der Waals surface area contributed by atoms with Gasteiger partial charge in [-0.2, -0.15) is 5.10 Å². The highest BCUT2D eigenvalue weighted by molar-refractivity contribution is 7.16. The SMILES string of the molecule is CCN(C(=O)c1cn2nc(C)sc2n1)c1cccc(C)c1. The van der Waals surface area contributed by atoms with E-state index in [2.05, 4.69) is 10.1 Å². The molecule has 5 nitrogen and oxygen atoms in total. The van der Waals surface area contributed by atoms with Crippen molar-refractivity contribution in [3.05, 3.63) is 46.7 Å². The van der Waals surface area contributed by atoms with Crippen molar-refractivity contribution in [2.24, 2.45) is 0 Å². The van der Waals surface area contributed by atoms with Crippen molar-refractivity contribution in [2.75, 3.05) is 11.4 Å². The summed E-state index contributed by atoms with van der Waals surface area (Å²) in [6, 6.07) is 7.91. The van der Waals surface area contributed by atoms with Gasteiger partial charge in [-0.25, -0.2) is 9.50 Å². The van der Waals surface area contributed by atoms with Crippen LogP contribution in [0.3, 0.4) is 0 Å². The monoisotopic (exact) mass is 300 g/mol. The molecule has 0 fully saturated rings. The Labute approximate surface area is 126 Å². The average molecular weight is 300 g/mol. The fraction of sp³-hybridized carbons (Fsp3) is 0.267. The van der Waals surface area contributed by atoms with Gasteiger partial charge in [0.05, 0.1) is 6.20 Å². The van der Waals surface area contributed by atoms with Crippen LogP contribution in [0.1, 0.15) is 28.0 Å². The molecular formula is C15H16N4OS. The number of fused-ring (bicyclic) bond motifs is 1. The van der Waals surface area contributed by atoms with Crippen molar-refractivity contribution in [1.82, 2.24) is 14.6 Å². The number of amides is 1. The molecule has 3 rings (SSSR count). The molecule has 3 aromatic rings. The zero-order valence-corrected chi connectivity index (χ0v) is 13.0. The molecule has 1 aromatic carbocycles. The second kappa shape index (κ2) is 5.29. The number of carbonyl (C=O) groups excluding carboxylic acids is 1. The lowest BCUT2D eigenvalue weighted by atomic mass is 10.2. The van der Waals surface area contributed by atoms with Crippen LogP contribution in [0.5, 0.6) is 0 Å². The first-order valence-corrected chi connectivity index (χ1v) is 7.61. The molecule has 6 heteroatoms. The van der Waals surface area contributed by atoms with Crippen LogP contribution in [-0.2, 0) is 0 Å². The molecule has 2 heterocycles. The topological polar surface area (TPSA) is 50.5 Å². The van der Waals surface area contributed by atoms with Crippen molar-refractivity contribution in [3.8, 4) is 0 Å². The number of carbonyl (C=O) groups is 1. The summed E-state index contributed by atoms with van der Waals surface area (Å²) >= 11 is 1.48. The summed E-state index contributed by atoms with van der Waals surface area (Å²) in [6.45, 7) is 6.49. The molecule has 2 aromatic heterocycles. The summed E-state index contributed by atoms with van der Waals surface area (Å²) in [5.41, 5.74) is 2.45. The Morgan fingerprint density at radius 3 is 2.86 bits per heavy atom. The summed E-state index contributed by atoms with van der Waals surface area (Å²) in [5.74, 6) is -0.0987. The van der Waals surface area contributed by atoms with Crippen LogP contribution in [0.25, 0.3) is 4.96 Å². The lowest BCUT2D eigenvalue weighted by Crippen LogP contribution is -2.30. The predicted octanol–water partition coefficient (Wildman–Crippen LogP) is 3.07. The number of nitrogens with zero attached hydrogens (tertiary/aromatic N) is 4. The van der Waals surface area contributed by atoms with Crippen molar-refractivity contribution in [2.45, 2.75) is 20.8 Å². The number of hydrogen-bond donors (Lipinski definition) is 0. The minimum atomic E-state index is -0.0987. The van der Waals surface area contributed by atoms with Gasteiger partial charge in [0.25, 0.3) is 5.91 Å². The lowest BCUT2D eigenvalue weighted by molar-refractivity contribution is 0.0984. The third kappa shape index (κ3) is 2.54. The zero-order chi connectivity index (χ0) is 15.0. The number of imidazole rings is 1. The van der Waals surface area contributed by atoms with Crippen molar-refractivity contribution >= 4 is 27.9 Å². The van der Waals surface area contributed by atoms with Gasteiger partial charge in [-0.05, 0) is 38.5 Å². The molecule has 1 amide bonds. The lowest BCUT2D eigenvalue weighted by Gasteiger charge is -2.20. The van der Waals surface area contributed by atoms with Crippen LogP contribution in [-0.4, -0.2) is 27.0 Å². The minimum Gasteiger partial charge on any atom is -0.307 e. The molecule has 0 atom stereocenters. The van der Waals surface area contributed by atoms with E-state index in [0.29, 0.717) is 12.2 Å². The number of anilines is 1. The third-order valence-corrected chi connectivity index (χ3v) is 4.08. The highest BCUT2D eigenvalue weighted by Gasteiger charge is 2.20. The predicted molar refractivity (Wildman–Crippen MR) is 84.1 cm³/mol. The van der Waals surface area contributed by atoms with Crippen LogP contribution in [0.2, 0.25) is 0 Å². The Bertz CT molecular complexity index is 773. The molecule has 0 saturated heterocycles. The Hall–Kier alpha value is -2.21. The number of hydrogen-bond acceptors (Lipinski definition) is 4. The Morgan fingerprint density at radius 1 is 1.38 bits per heavy atom. The fourth-order valence-electron chi connectivity index (χ4n) is 2.28. The summed E-state index contributed by atoms with van der Waals surface area (Å²) in [6.07, 6.45) is 1.69. The molecule has 0 unspecified atom stereocenters. The van der Waals surface area contributed by atoms with Gasteiger partial charge in [0.15, 0.2) is 0 Å². The molecule has 0 N–H and O–H groups in total. The first-order chi connectivity index (χ1) is 10.1. The van der Waals surface area contributed by atoms with E-state index in [-0.39, 0.29) is 5.91 Å². The zero-order valence-electron chi connectivity index (χ0n) is 12.2. The second-order valence-corrected chi connectivity index (χ2v) is 6.02. The standard InChI is InChI=1S/C15H16N4OS/c1-4-18(12-7-5-6-10(2)8-12)14(20)13-9-19-15(16-13)21-11(3)17-19/h5-9H,4H2,1-3H3. The smallest absolute Gasteiger partial charge is 0.278 e. The fourth-order valence-corrected chi connectivity index (χ4v) is 3.00. The van der Waals surface area contributed by atoms with E-state index in [0.717, 1.165) is 21.2 Å². The minimum absolute atomic E-state index is 0.0987. The van der Waals surface area contributed by atoms with Crippen molar-refractivity contribution in [3.63, 3.8) is 0 Å². The molecule has 0 aliphatic rings. The van der Waals surface area contributed by atoms with Crippen molar-refractivity contribution in [1.29, 1.82) is 0 Å². The van der Waals surface area contributed by atoms with E-state index in [1.165, 1.54) is 11.3 Å². The Kier molecular flexibility index (Phi) is 3.47. The number of benzene rings is 1. The maximum Gasteiger partial charge on any atom is 0.278 e. The van der Waals surface area contributed by atoms with Gasteiger partial charge in [-0.1, -0.05) is 23.5 Å². The highest BCUT2D eigenvalue weighted by Crippen LogP contribution is 2.20. The Balaban J connectivity index is 1.96. The summed E-state index contributed by atoms with van der Waals surface area (Å²) in [5, 5.41) is 5.22. The Morgan fingerprint density at radius 2 is 2.19 bits per heavy atom. The average Bonchev–Trinajstić information content (AvgIpc) is 2.96. The van der Waals surface area contributed by atoms with E-state index >= 15 is 0 Å². The molecule has 21 heavy (non-hydrogen) atoms. The first kappa shape index (κ1) is 13.8. The third-order valence-electron chi connectivity index (χ3n) is 3.24. The molecule has 0 aliphatic carbocycles. The summed E-state index contributed by atoms with van der Waals surface area (Å²) in [7, 11) is 0. The summed E-state index contributed by atoms with van der Waals surface area (Å²) in [4.78, 5) is 19.5. The van der Waals surface area contributed by atoms with E-state index < -0.39 is 0 Å². The van der Waals surface area contributed by atoms with Crippen LogP contribution in [0.4, 0.5) is 5.69 Å². The largest absolute Gasteiger partial charge is 0.307 e. The van der Waals surface area contributed by atoms with Gasteiger partial charge in [-0.3, -0.25) is 4.79 Å². The number of rotatable bonds is 3. The second-order valence-electron chi connectivity index (χ2n) is 4.86. The molecule has 0 bridgehead atoms. The molecular weight excluding hydrogens is 284 g/mol. The quantitative estimate of drug-likeness (QED) is 0.747. The van der Waals surface area contributed by atoms with Gasteiger partial charge >= 0.3 is 0 Å². The normalized spacial score (nSPS) is 11.0. The van der Waals surface area contributed by atoms with E-state index in [1.54, 1.807) is 15.6 Å². The number of aryl methyl sites for hydroxylation is 2. The van der Waals surface area contributed by atoms with Crippen LogP contribution >= 0.6 is 11.3 Å². The maximum atomic E-state index is 12.7. The maximum absolute atomic E-state index is 12.7. The van der Waals surface area contributed by atoms with Crippen LogP contribution in [0.15, 0.2) is 30.5 Å². The highest BCUT2D eigenvalue weighted by atomic mass is 32.1. The van der Waals surface area contributed by atoms with Gasteiger partial charge in [0.2, 0.25) is 4.96 Å². The van der Waals surface area contributed by atoms with Crippen LogP contribution in [0, 0.1) is 13.8 Å². The molecule has 0 aliphatic heterocycles. The van der Waals surface area contributed by atoms with E-state index in [9.17, 15) is 4.79 Å². The summed E-state index contributed by atoms with van der Waals surface area (Å²) < 4.78 is 1.66. The van der Waals surface area contributed by atoms with Gasteiger partial charge in [-0.15, -0.1) is 0 Å². The molecule has 0 saturated carbocycles. The van der Waals surface area contributed by atoms with E-state index in [4.69, 9.17) is 0 Å². The number of aromatic nitrogens is 3. The van der Waals surface area contributed by atoms with Gasteiger partial charge < -0.3 is 4.90 Å². The van der Waals surface area contributed by atoms with Gasteiger partial charge in [0, 0.05) is 12.2 Å². The van der Waals surface area contributed by atoms with Crippen molar-refractivity contribution < 1.29 is 4.79 Å². The van der Waals surface area contributed by atoms with Crippen LogP contribution < -0.4 is 4.90 Å².